The Labute approximate surface area is 139 Å². The van der Waals surface area contributed by atoms with Crippen molar-refractivity contribution in [2.45, 2.75) is 13.0 Å². The average Bonchev–Trinajstić information content (AvgIpc) is 2.96. The van der Waals surface area contributed by atoms with Gasteiger partial charge in [-0.05, 0) is 46.3 Å². The quantitative estimate of drug-likeness (QED) is 0.550. The van der Waals surface area contributed by atoms with Gasteiger partial charge in [0, 0.05) is 22.2 Å². The summed E-state index contributed by atoms with van der Waals surface area (Å²) in [5.74, 6) is 1.56. The van der Waals surface area contributed by atoms with Crippen molar-refractivity contribution in [1.29, 1.82) is 0 Å². The van der Waals surface area contributed by atoms with Gasteiger partial charge < -0.3 is 4.57 Å². The van der Waals surface area contributed by atoms with Gasteiger partial charge in [0.1, 0.15) is 5.82 Å². The van der Waals surface area contributed by atoms with E-state index in [4.69, 9.17) is 23.2 Å². The number of alkyl halides is 1. The number of imidazole rings is 1. The summed E-state index contributed by atoms with van der Waals surface area (Å²) in [6, 6.07) is 9.97. The zero-order chi connectivity index (χ0) is 14.1. The highest BCUT2D eigenvalue weighted by atomic mass is 79.9. The van der Waals surface area contributed by atoms with Gasteiger partial charge >= 0.3 is 0 Å². The molecule has 0 aliphatic carbocycles. The van der Waals surface area contributed by atoms with Crippen LogP contribution in [0.25, 0.3) is 11.0 Å². The molecule has 104 valence electrons. The summed E-state index contributed by atoms with van der Waals surface area (Å²) in [4.78, 5) is 5.93. The zero-order valence-electron chi connectivity index (χ0n) is 10.4. The van der Waals surface area contributed by atoms with Crippen molar-refractivity contribution in [3.8, 4) is 0 Å². The van der Waals surface area contributed by atoms with Gasteiger partial charge in [-0.25, -0.2) is 4.98 Å². The third-order valence-electron chi connectivity index (χ3n) is 3.05. The second kappa shape index (κ2) is 6.06. The highest BCUT2D eigenvalue weighted by Crippen LogP contribution is 2.26. The number of hydrogen-bond acceptors (Lipinski definition) is 2. The molecule has 0 spiro atoms. The first-order valence-corrected chi connectivity index (χ1v) is 8.64. The van der Waals surface area contributed by atoms with Crippen LogP contribution in [0.5, 0.6) is 0 Å². The van der Waals surface area contributed by atoms with Crippen molar-refractivity contribution >= 4 is 61.5 Å². The smallest absolute Gasteiger partial charge is 0.111 e. The van der Waals surface area contributed by atoms with Crippen LogP contribution in [-0.4, -0.2) is 15.4 Å². The van der Waals surface area contributed by atoms with Gasteiger partial charge in [0.2, 0.25) is 0 Å². The summed E-state index contributed by atoms with van der Waals surface area (Å²) in [6.45, 7) is 0.791. The van der Waals surface area contributed by atoms with E-state index in [1.165, 1.54) is 4.88 Å². The molecule has 0 radical (unpaired) electrons. The molecular formula is C14H11BrCl2N2S. The fraction of sp³-hybridized carbons (Fsp3) is 0.214. The summed E-state index contributed by atoms with van der Waals surface area (Å²) in [5.41, 5.74) is 2.02. The minimum atomic E-state index is 0.561. The first kappa shape index (κ1) is 14.4. The molecule has 0 saturated carbocycles. The fourth-order valence-electron chi connectivity index (χ4n) is 2.19. The Kier molecular flexibility index (Phi) is 4.36. The lowest BCUT2D eigenvalue weighted by atomic mass is 10.3. The summed E-state index contributed by atoms with van der Waals surface area (Å²) in [6.07, 6.45) is 0.750. The van der Waals surface area contributed by atoms with Crippen LogP contribution >= 0.6 is 50.5 Å². The van der Waals surface area contributed by atoms with Gasteiger partial charge in [-0.15, -0.1) is 22.9 Å². The number of halogens is 3. The number of aromatic nitrogens is 2. The van der Waals surface area contributed by atoms with Crippen LogP contribution in [-0.2, 0) is 13.0 Å². The highest BCUT2D eigenvalue weighted by Gasteiger charge is 2.12. The number of rotatable bonds is 4. The van der Waals surface area contributed by atoms with E-state index >= 15 is 0 Å². The summed E-state index contributed by atoms with van der Waals surface area (Å²) < 4.78 is 3.33. The maximum Gasteiger partial charge on any atom is 0.111 e. The molecule has 6 heteroatoms. The van der Waals surface area contributed by atoms with Crippen LogP contribution in [0.15, 0.2) is 34.1 Å². The van der Waals surface area contributed by atoms with Gasteiger partial charge in [-0.3, -0.25) is 0 Å². The van der Waals surface area contributed by atoms with Crippen LogP contribution in [0.3, 0.4) is 0 Å². The predicted molar refractivity (Wildman–Crippen MR) is 90.3 cm³/mol. The Hall–Kier alpha value is -0.550. The van der Waals surface area contributed by atoms with E-state index in [-0.39, 0.29) is 0 Å². The number of aryl methyl sites for hydroxylation is 1. The number of fused-ring (bicyclic) bond motifs is 1. The average molecular weight is 390 g/mol. The molecule has 2 heterocycles. The maximum atomic E-state index is 6.11. The summed E-state index contributed by atoms with van der Waals surface area (Å²) >= 11 is 17.2. The van der Waals surface area contributed by atoms with Crippen LogP contribution in [0, 0.1) is 0 Å². The van der Waals surface area contributed by atoms with Crippen molar-refractivity contribution < 1.29 is 0 Å². The Morgan fingerprint density at radius 1 is 1.25 bits per heavy atom. The lowest BCUT2D eigenvalue weighted by molar-refractivity contribution is 0.763. The second-order valence-electron chi connectivity index (χ2n) is 4.39. The molecule has 3 rings (SSSR count). The molecule has 0 N–H and O–H groups in total. The van der Waals surface area contributed by atoms with Crippen LogP contribution in [0.2, 0.25) is 5.02 Å². The molecule has 0 fully saturated rings. The van der Waals surface area contributed by atoms with E-state index in [1.54, 1.807) is 11.3 Å². The van der Waals surface area contributed by atoms with E-state index in [1.807, 2.05) is 18.2 Å². The summed E-state index contributed by atoms with van der Waals surface area (Å²) in [5, 5.41) is 0.725. The van der Waals surface area contributed by atoms with E-state index < -0.39 is 0 Å². The third kappa shape index (κ3) is 2.89. The molecule has 0 aliphatic heterocycles. The number of benzene rings is 1. The van der Waals surface area contributed by atoms with Crippen LogP contribution in [0.1, 0.15) is 10.7 Å². The van der Waals surface area contributed by atoms with Gasteiger partial charge in [0.25, 0.3) is 0 Å². The van der Waals surface area contributed by atoms with E-state index in [2.05, 4.69) is 37.6 Å². The van der Waals surface area contributed by atoms with Gasteiger partial charge in [0.15, 0.2) is 0 Å². The van der Waals surface area contributed by atoms with Crippen molar-refractivity contribution in [3.63, 3.8) is 0 Å². The molecule has 0 aliphatic rings. The van der Waals surface area contributed by atoms with Gasteiger partial charge in [-0.2, -0.15) is 0 Å². The van der Waals surface area contributed by atoms with Crippen molar-refractivity contribution in [2.24, 2.45) is 0 Å². The molecular weight excluding hydrogens is 379 g/mol. The minimum absolute atomic E-state index is 0.561. The molecule has 2 nitrogen and oxygen atoms in total. The van der Waals surface area contributed by atoms with E-state index in [0.717, 1.165) is 38.6 Å². The molecule has 0 unspecified atom stereocenters. The Morgan fingerprint density at radius 2 is 2.10 bits per heavy atom. The Bertz CT molecular complexity index is 751. The van der Waals surface area contributed by atoms with Gasteiger partial charge in [0.05, 0.1) is 21.4 Å². The lowest BCUT2D eigenvalue weighted by Crippen LogP contribution is -2.04. The normalized spacial score (nSPS) is 11.3. The Morgan fingerprint density at radius 3 is 2.80 bits per heavy atom. The zero-order valence-corrected chi connectivity index (χ0v) is 14.4. The third-order valence-corrected chi connectivity index (χ3v) is 5.08. The molecule has 1 aromatic carbocycles. The molecule has 0 saturated heterocycles. The van der Waals surface area contributed by atoms with Crippen LogP contribution in [0.4, 0.5) is 0 Å². The van der Waals surface area contributed by atoms with E-state index in [9.17, 15) is 0 Å². The molecule has 0 bridgehead atoms. The standard InChI is InChI=1S/C14H11BrCl2N2S/c15-13-4-2-10(20-13)8-19-12-7-9(17)1-3-11(12)18-14(19)5-6-16/h1-4,7H,5-6,8H2. The Balaban J connectivity index is 2.09. The van der Waals surface area contributed by atoms with Crippen LogP contribution < -0.4 is 0 Å². The lowest BCUT2D eigenvalue weighted by Gasteiger charge is -2.07. The first-order valence-electron chi connectivity index (χ1n) is 6.12. The molecule has 0 atom stereocenters. The topological polar surface area (TPSA) is 17.8 Å². The van der Waals surface area contributed by atoms with E-state index in [0.29, 0.717) is 5.88 Å². The minimum Gasteiger partial charge on any atom is -0.323 e. The molecule has 2 aromatic heterocycles. The van der Waals surface area contributed by atoms with Crippen molar-refractivity contribution in [3.05, 3.63) is 49.8 Å². The van der Waals surface area contributed by atoms with Crippen molar-refractivity contribution in [2.75, 3.05) is 5.88 Å². The fourth-order valence-corrected chi connectivity index (χ4v) is 4.00. The second-order valence-corrected chi connectivity index (χ2v) is 7.75. The molecule has 0 amide bonds. The SMILES string of the molecule is ClCCc1nc2ccc(Cl)cc2n1Cc1ccc(Br)s1. The predicted octanol–water partition coefficient (Wildman–Crippen LogP) is 5.34. The molecule has 20 heavy (non-hydrogen) atoms. The highest BCUT2D eigenvalue weighted by molar-refractivity contribution is 9.11. The van der Waals surface area contributed by atoms with Crippen molar-refractivity contribution in [1.82, 2.24) is 9.55 Å². The molecule has 3 aromatic rings. The monoisotopic (exact) mass is 388 g/mol. The summed E-state index contributed by atoms with van der Waals surface area (Å²) in [7, 11) is 0. The van der Waals surface area contributed by atoms with Gasteiger partial charge in [-0.1, -0.05) is 11.6 Å². The number of hydrogen-bond donors (Lipinski definition) is 0. The maximum absolute atomic E-state index is 6.11. The first-order chi connectivity index (χ1) is 9.67. The number of nitrogens with zero attached hydrogens (tertiary/aromatic N) is 2. The number of thiophene rings is 1. The largest absolute Gasteiger partial charge is 0.323 e.